The summed E-state index contributed by atoms with van der Waals surface area (Å²) in [6.07, 6.45) is 3.75. The van der Waals surface area contributed by atoms with Gasteiger partial charge in [-0.05, 0) is 40.0 Å². The minimum atomic E-state index is -0.573. The van der Waals surface area contributed by atoms with Crippen molar-refractivity contribution in [3.05, 3.63) is 12.3 Å². The molecule has 0 spiro atoms. The Balaban J connectivity index is 2.05. The Bertz CT molecular complexity index is 547. The number of likely N-dealkylation sites (tertiary alicyclic amines) is 1. The number of amides is 2. The van der Waals surface area contributed by atoms with Crippen LogP contribution in [0.3, 0.4) is 0 Å². The first-order valence-corrected chi connectivity index (χ1v) is 7.56. The molecule has 1 aliphatic heterocycles. The number of rotatable bonds is 2. The zero-order valence-corrected chi connectivity index (χ0v) is 13.6. The standard InChI is InChI=1S/C15H24N4O3/c1-15(2,3)22-14(21)19-9-6-5-7-11(19)13(20)16-12-8-10-18(4)17-12/h8,10-11H,5-7,9H2,1-4H3,(H,16,17,20)/t11-/m0/s1. The second-order valence-electron chi connectivity index (χ2n) is 6.55. The first kappa shape index (κ1) is 16.3. The van der Waals surface area contributed by atoms with Crippen LogP contribution in [0, 0.1) is 0 Å². The molecule has 1 aliphatic rings. The van der Waals surface area contributed by atoms with Crippen LogP contribution in [0.25, 0.3) is 0 Å². The molecule has 1 aromatic heterocycles. The van der Waals surface area contributed by atoms with Crippen molar-refractivity contribution >= 4 is 17.8 Å². The predicted octanol–water partition coefficient (Wildman–Crippen LogP) is 2.15. The van der Waals surface area contributed by atoms with Gasteiger partial charge in [-0.1, -0.05) is 0 Å². The molecular formula is C15H24N4O3. The zero-order valence-electron chi connectivity index (χ0n) is 13.6. The van der Waals surface area contributed by atoms with Crippen LogP contribution < -0.4 is 5.32 Å². The van der Waals surface area contributed by atoms with Crippen LogP contribution in [-0.4, -0.2) is 44.9 Å². The molecule has 0 aliphatic carbocycles. The Morgan fingerprint density at radius 3 is 2.68 bits per heavy atom. The number of hydrogen-bond acceptors (Lipinski definition) is 4. The topological polar surface area (TPSA) is 76.5 Å². The third kappa shape index (κ3) is 4.22. The highest BCUT2D eigenvalue weighted by atomic mass is 16.6. The molecule has 0 aromatic carbocycles. The molecular weight excluding hydrogens is 284 g/mol. The molecule has 0 unspecified atom stereocenters. The van der Waals surface area contributed by atoms with Gasteiger partial charge in [0.25, 0.3) is 0 Å². The van der Waals surface area contributed by atoms with Crippen molar-refractivity contribution in [3.63, 3.8) is 0 Å². The molecule has 2 rings (SSSR count). The van der Waals surface area contributed by atoms with Crippen LogP contribution in [0.4, 0.5) is 10.6 Å². The van der Waals surface area contributed by atoms with Gasteiger partial charge in [0.1, 0.15) is 11.6 Å². The molecule has 22 heavy (non-hydrogen) atoms. The highest BCUT2D eigenvalue weighted by Crippen LogP contribution is 2.21. The lowest BCUT2D eigenvalue weighted by Gasteiger charge is -2.35. The number of piperidine rings is 1. The number of nitrogens with one attached hydrogen (secondary N) is 1. The van der Waals surface area contributed by atoms with Gasteiger partial charge >= 0.3 is 6.09 Å². The summed E-state index contributed by atoms with van der Waals surface area (Å²) in [6.45, 7) is 5.99. The van der Waals surface area contributed by atoms with Crippen molar-refractivity contribution in [3.8, 4) is 0 Å². The fraction of sp³-hybridized carbons (Fsp3) is 0.667. The van der Waals surface area contributed by atoms with Crippen molar-refractivity contribution in [1.82, 2.24) is 14.7 Å². The molecule has 7 nitrogen and oxygen atoms in total. The maximum absolute atomic E-state index is 12.4. The normalized spacial score (nSPS) is 18.9. The van der Waals surface area contributed by atoms with E-state index in [9.17, 15) is 9.59 Å². The zero-order chi connectivity index (χ0) is 16.3. The summed E-state index contributed by atoms with van der Waals surface area (Å²) in [6, 6.07) is 1.21. The molecule has 7 heteroatoms. The van der Waals surface area contributed by atoms with E-state index in [0.29, 0.717) is 18.8 Å². The summed E-state index contributed by atoms with van der Waals surface area (Å²) in [4.78, 5) is 26.3. The Hall–Kier alpha value is -2.05. The third-order valence-corrected chi connectivity index (χ3v) is 3.40. The van der Waals surface area contributed by atoms with Crippen LogP contribution in [0.15, 0.2) is 12.3 Å². The summed E-state index contributed by atoms with van der Waals surface area (Å²) in [5.41, 5.74) is -0.573. The molecule has 122 valence electrons. The van der Waals surface area contributed by atoms with Crippen molar-refractivity contribution < 1.29 is 14.3 Å². The number of hydrogen-bond donors (Lipinski definition) is 1. The van der Waals surface area contributed by atoms with Gasteiger partial charge in [0, 0.05) is 25.9 Å². The van der Waals surface area contributed by atoms with Gasteiger partial charge in [-0.25, -0.2) is 4.79 Å². The lowest BCUT2D eigenvalue weighted by molar-refractivity contribution is -0.122. The van der Waals surface area contributed by atoms with E-state index in [1.165, 1.54) is 4.90 Å². The van der Waals surface area contributed by atoms with E-state index >= 15 is 0 Å². The van der Waals surface area contributed by atoms with Crippen LogP contribution >= 0.6 is 0 Å². The number of nitrogens with zero attached hydrogens (tertiary/aromatic N) is 3. The average molecular weight is 308 g/mol. The number of carbonyl (C=O) groups is 2. The van der Waals surface area contributed by atoms with Crippen molar-refractivity contribution in [1.29, 1.82) is 0 Å². The number of anilines is 1. The van der Waals surface area contributed by atoms with Crippen LogP contribution in [0.2, 0.25) is 0 Å². The molecule has 2 amide bonds. The molecule has 1 aromatic rings. The number of aromatic nitrogens is 2. The van der Waals surface area contributed by atoms with Crippen LogP contribution in [-0.2, 0) is 16.6 Å². The van der Waals surface area contributed by atoms with Crippen molar-refractivity contribution in [2.75, 3.05) is 11.9 Å². The summed E-state index contributed by atoms with van der Waals surface area (Å²) < 4.78 is 7.01. The predicted molar refractivity (Wildman–Crippen MR) is 82.4 cm³/mol. The van der Waals surface area contributed by atoms with Crippen molar-refractivity contribution in [2.24, 2.45) is 7.05 Å². The minimum Gasteiger partial charge on any atom is -0.444 e. The van der Waals surface area contributed by atoms with Gasteiger partial charge in [0.05, 0.1) is 0 Å². The Morgan fingerprint density at radius 1 is 1.36 bits per heavy atom. The molecule has 1 atom stereocenters. The van der Waals surface area contributed by atoms with Gasteiger partial charge < -0.3 is 10.1 Å². The molecule has 0 saturated carbocycles. The van der Waals surface area contributed by atoms with E-state index in [1.54, 1.807) is 24.0 Å². The summed E-state index contributed by atoms with van der Waals surface area (Å²) in [5.74, 6) is 0.270. The van der Waals surface area contributed by atoms with Crippen LogP contribution in [0.1, 0.15) is 40.0 Å². The minimum absolute atomic E-state index is 0.218. The highest BCUT2D eigenvalue weighted by Gasteiger charge is 2.34. The molecule has 1 saturated heterocycles. The second kappa shape index (κ2) is 6.37. The summed E-state index contributed by atoms with van der Waals surface area (Å²) >= 11 is 0. The Kier molecular flexibility index (Phi) is 4.73. The number of aryl methyl sites for hydroxylation is 1. The van der Waals surface area contributed by atoms with E-state index in [1.807, 2.05) is 20.8 Å². The quantitative estimate of drug-likeness (QED) is 0.908. The van der Waals surface area contributed by atoms with Gasteiger partial charge in [-0.3, -0.25) is 14.4 Å². The Morgan fingerprint density at radius 2 is 2.09 bits per heavy atom. The second-order valence-corrected chi connectivity index (χ2v) is 6.55. The van der Waals surface area contributed by atoms with E-state index in [2.05, 4.69) is 10.4 Å². The molecule has 1 fully saturated rings. The van der Waals surface area contributed by atoms with Gasteiger partial charge in [0.15, 0.2) is 5.82 Å². The maximum Gasteiger partial charge on any atom is 0.410 e. The van der Waals surface area contributed by atoms with Gasteiger partial charge in [0.2, 0.25) is 5.91 Å². The van der Waals surface area contributed by atoms with Gasteiger partial charge in [-0.15, -0.1) is 0 Å². The number of carbonyl (C=O) groups excluding carboxylic acids is 2. The molecule has 2 heterocycles. The van der Waals surface area contributed by atoms with Gasteiger partial charge in [-0.2, -0.15) is 5.10 Å². The lowest BCUT2D eigenvalue weighted by Crippen LogP contribution is -2.51. The first-order chi connectivity index (χ1) is 10.3. The van der Waals surface area contributed by atoms with E-state index in [0.717, 1.165) is 12.8 Å². The summed E-state index contributed by atoms with van der Waals surface area (Å²) in [5, 5.41) is 6.88. The SMILES string of the molecule is Cn1ccc(NC(=O)[C@@H]2CCCCN2C(=O)OC(C)(C)C)n1. The fourth-order valence-corrected chi connectivity index (χ4v) is 2.43. The lowest BCUT2D eigenvalue weighted by atomic mass is 10.0. The number of ether oxygens (including phenoxy) is 1. The first-order valence-electron chi connectivity index (χ1n) is 7.56. The highest BCUT2D eigenvalue weighted by molar-refractivity contribution is 5.95. The van der Waals surface area contributed by atoms with Crippen LogP contribution in [0.5, 0.6) is 0 Å². The van der Waals surface area contributed by atoms with E-state index < -0.39 is 17.7 Å². The smallest absolute Gasteiger partial charge is 0.410 e. The monoisotopic (exact) mass is 308 g/mol. The molecule has 0 radical (unpaired) electrons. The maximum atomic E-state index is 12.4. The van der Waals surface area contributed by atoms with E-state index in [-0.39, 0.29) is 5.91 Å². The Labute approximate surface area is 130 Å². The molecule has 1 N–H and O–H groups in total. The largest absolute Gasteiger partial charge is 0.444 e. The van der Waals surface area contributed by atoms with Crippen molar-refractivity contribution in [2.45, 2.75) is 51.7 Å². The average Bonchev–Trinajstić information content (AvgIpc) is 2.82. The summed E-state index contributed by atoms with van der Waals surface area (Å²) in [7, 11) is 1.78. The molecule has 0 bridgehead atoms. The van der Waals surface area contributed by atoms with E-state index in [4.69, 9.17) is 4.74 Å². The third-order valence-electron chi connectivity index (χ3n) is 3.40. The fourth-order valence-electron chi connectivity index (χ4n) is 2.43.